The summed E-state index contributed by atoms with van der Waals surface area (Å²) >= 11 is 1.21. The van der Waals surface area contributed by atoms with Gasteiger partial charge in [-0.05, 0) is 28.7 Å². The molecule has 0 bridgehead atoms. The standard InChI is InChI=1S/C25H25N3O5S/c1-3-21(24(30)31)28(2)23(29)20-14-34-22(27-20)12-26-25(32)33-13-19-17-10-6-4-8-15(17)16-9-5-7-11-18(16)19/h4-11,14,19,21H,3,12-13H2,1-2H3,(H,26,32)(H,30,31). The summed E-state index contributed by atoms with van der Waals surface area (Å²) in [7, 11) is 1.44. The van der Waals surface area contributed by atoms with Crippen molar-refractivity contribution in [2.24, 2.45) is 0 Å². The van der Waals surface area contributed by atoms with Gasteiger partial charge in [-0.1, -0.05) is 55.5 Å². The number of aromatic nitrogens is 1. The lowest BCUT2D eigenvalue weighted by Crippen LogP contribution is -2.42. The maximum absolute atomic E-state index is 12.5. The van der Waals surface area contributed by atoms with Crippen LogP contribution in [0.3, 0.4) is 0 Å². The van der Waals surface area contributed by atoms with Gasteiger partial charge in [0.25, 0.3) is 5.91 Å². The van der Waals surface area contributed by atoms with Gasteiger partial charge >= 0.3 is 12.1 Å². The van der Waals surface area contributed by atoms with Crippen LogP contribution >= 0.6 is 11.3 Å². The number of nitrogens with zero attached hydrogens (tertiary/aromatic N) is 2. The van der Waals surface area contributed by atoms with Crippen molar-refractivity contribution in [1.29, 1.82) is 0 Å². The van der Waals surface area contributed by atoms with Crippen LogP contribution in [-0.2, 0) is 16.1 Å². The smallest absolute Gasteiger partial charge is 0.407 e. The van der Waals surface area contributed by atoms with Gasteiger partial charge in [0.1, 0.15) is 23.4 Å². The summed E-state index contributed by atoms with van der Waals surface area (Å²) < 4.78 is 5.51. The van der Waals surface area contributed by atoms with Crippen LogP contribution in [0.4, 0.5) is 4.79 Å². The van der Waals surface area contributed by atoms with Gasteiger partial charge in [0.15, 0.2) is 0 Å². The van der Waals surface area contributed by atoms with Crippen molar-refractivity contribution in [3.63, 3.8) is 0 Å². The Bertz CT molecular complexity index is 1180. The van der Waals surface area contributed by atoms with Crippen molar-refractivity contribution in [2.75, 3.05) is 13.7 Å². The van der Waals surface area contributed by atoms with Gasteiger partial charge in [-0.15, -0.1) is 11.3 Å². The summed E-state index contributed by atoms with van der Waals surface area (Å²) in [5.74, 6) is -1.57. The lowest BCUT2D eigenvalue weighted by Gasteiger charge is -2.22. The molecule has 0 saturated carbocycles. The fourth-order valence-electron chi connectivity index (χ4n) is 4.22. The monoisotopic (exact) mass is 479 g/mol. The molecule has 2 N–H and O–H groups in total. The van der Waals surface area contributed by atoms with Crippen molar-refractivity contribution < 1.29 is 24.2 Å². The highest BCUT2D eigenvalue weighted by Gasteiger charge is 2.29. The Balaban J connectivity index is 1.33. The molecule has 1 atom stereocenters. The largest absolute Gasteiger partial charge is 0.480 e. The number of hydrogen-bond acceptors (Lipinski definition) is 6. The number of likely N-dealkylation sites (N-methyl/N-ethyl adjacent to an activating group) is 1. The van der Waals surface area contributed by atoms with Crippen LogP contribution in [0.5, 0.6) is 0 Å². The molecule has 0 saturated heterocycles. The second kappa shape index (κ2) is 10.0. The van der Waals surface area contributed by atoms with Crippen molar-refractivity contribution in [2.45, 2.75) is 31.8 Å². The molecule has 176 valence electrons. The molecule has 34 heavy (non-hydrogen) atoms. The maximum atomic E-state index is 12.5. The third kappa shape index (κ3) is 4.65. The SMILES string of the molecule is CCC(C(=O)O)N(C)C(=O)c1csc(CNC(=O)OCC2c3ccccc3-c3ccccc32)n1. The van der Waals surface area contributed by atoms with Gasteiger partial charge in [0.05, 0.1) is 6.54 Å². The Hall–Kier alpha value is -3.72. The number of ether oxygens (including phenoxy) is 1. The quantitative estimate of drug-likeness (QED) is 0.503. The molecule has 1 aliphatic rings. The molecule has 0 radical (unpaired) electrons. The van der Waals surface area contributed by atoms with E-state index < -0.39 is 24.0 Å². The van der Waals surface area contributed by atoms with Crippen LogP contribution in [0.2, 0.25) is 0 Å². The minimum absolute atomic E-state index is 0.0291. The number of thiazole rings is 1. The Morgan fingerprint density at radius 1 is 1.12 bits per heavy atom. The molecular formula is C25H25N3O5S. The fraction of sp³-hybridized carbons (Fsp3) is 0.280. The number of carbonyl (C=O) groups excluding carboxylic acids is 2. The van der Waals surface area contributed by atoms with Crippen molar-refractivity contribution in [3.8, 4) is 11.1 Å². The lowest BCUT2D eigenvalue weighted by atomic mass is 9.98. The maximum Gasteiger partial charge on any atom is 0.407 e. The zero-order valence-electron chi connectivity index (χ0n) is 18.9. The average Bonchev–Trinajstić information content (AvgIpc) is 3.44. The van der Waals surface area contributed by atoms with E-state index in [-0.39, 0.29) is 31.2 Å². The normalized spacial score (nSPS) is 13.0. The molecule has 0 spiro atoms. The van der Waals surface area contributed by atoms with E-state index in [1.54, 1.807) is 12.3 Å². The summed E-state index contributed by atoms with van der Waals surface area (Å²) in [5, 5.41) is 14.0. The van der Waals surface area contributed by atoms with Crippen LogP contribution in [0.15, 0.2) is 53.9 Å². The number of alkyl carbamates (subject to hydrolysis) is 1. The highest BCUT2D eigenvalue weighted by atomic mass is 32.1. The number of nitrogens with one attached hydrogen (secondary N) is 1. The van der Waals surface area contributed by atoms with Crippen LogP contribution in [-0.4, -0.2) is 52.7 Å². The molecule has 2 aromatic carbocycles. The number of carboxylic acid groups (broad SMARTS) is 1. The van der Waals surface area contributed by atoms with E-state index in [1.807, 2.05) is 24.3 Å². The molecular weight excluding hydrogens is 454 g/mol. The van der Waals surface area contributed by atoms with E-state index in [9.17, 15) is 19.5 Å². The summed E-state index contributed by atoms with van der Waals surface area (Å²) in [6.07, 6.45) is -0.281. The summed E-state index contributed by atoms with van der Waals surface area (Å²) in [6.45, 7) is 2.02. The molecule has 0 fully saturated rings. The molecule has 8 nitrogen and oxygen atoms in total. The first-order valence-electron chi connectivity index (χ1n) is 10.9. The molecule has 2 amide bonds. The predicted molar refractivity (Wildman–Crippen MR) is 128 cm³/mol. The fourth-order valence-corrected chi connectivity index (χ4v) is 4.93. The molecule has 9 heteroatoms. The highest BCUT2D eigenvalue weighted by Crippen LogP contribution is 2.44. The molecule has 1 aromatic heterocycles. The van der Waals surface area contributed by atoms with Gasteiger partial charge in [-0.2, -0.15) is 0 Å². The number of aliphatic carboxylic acids is 1. The summed E-state index contributed by atoms with van der Waals surface area (Å²) in [5.41, 5.74) is 4.73. The predicted octanol–water partition coefficient (Wildman–Crippen LogP) is 4.12. The molecule has 1 heterocycles. The topological polar surface area (TPSA) is 109 Å². The molecule has 0 aliphatic heterocycles. The van der Waals surface area contributed by atoms with Crippen LogP contribution in [0.1, 0.15) is 45.9 Å². The Morgan fingerprint density at radius 3 is 2.32 bits per heavy atom. The van der Waals surface area contributed by atoms with E-state index in [0.717, 1.165) is 22.3 Å². The van der Waals surface area contributed by atoms with Crippen LogP contribution < -0.4 is 5.32 Å². The van der Waals surface area contributed by atoms with Gasteiger partial charge < -0.3 is 20.1 Å². The molecule has 1 aliphatic carbocycles. The zero-order chi connectivity index (χ0) is 24.2. The number of fused-ring (bicyclic) bond motifs is 3. The third-order valence-electron chi connectivity index (χ3n) is 5.96. The number of hydrogen-bond donors (Lipinski definition) is 2. The number of amides is 2. The second-order valence-electron chi connectivity index (χ2n) is 7.98. The van der Waals surface area contributed by atoms with Crippen LogP contribution in [0, 0.1) is 0 Å². The lowest BCUT2D eigenvalue weighted by molar-refractivity contribution is -0.142. The van der Waals surface area contributed by atoms with E-state index in [4.69, 9.17) is 4.74 Å². The molecule has 1 unspecified atom stereocenters. The van der Waals surface area contributed by atoms with Crippen molar-refractivity contribution >= 4 is 29.3 Å². The third-order valence-corrected chi connectivity index (χ3v) is 6.81. The first-order chi connectivity index (χ1) is 16.4. The van der Waals surface area contributed by atoms with Crippen molar-refractivity contribution in [3.05, 3.63) is 75.7 Å². The van der Waals surface area contributed by atoms with Gasteiger partial charge in [0, 0.05) is 18.3 Å². The second-order valence-corrected chi connectivity index (χ2v) is 8.93. The van der Waals surface area contributed by atoms with Crippen molar-refractivity contribution in [1.82, 2.24) is 15.2 Å². The van der Waals surface area contributed by atoms with E-state index in [2.05, 4.69) is 34.6 Å². The number of carbonyl (C=O) groups is 3. The molecule has 4 rings (SSSR count). The summed E-state index contributed by atoms with van der Waals surface area (Å²) in [4.78, 5) is 41.6. The number of benzene rings is 2. The first-order valence-corrected chi connectivity index (χ1v) is 11.8. The van der Waals surface area contributed by atoms with E-state index >= 15 is 0 Å². The average molecular weight is 480 g/mol. The first kappa shape index (κ1) is 23.4. The minimum Gasteiger partial charge on any atom is -0.480 e. The Morgan fingerprint density at radius 2 is 1.74 bits per heavy atom. The van der Waals surface area contributed by atoms with E-state index in [1.165, 1.54) is 23.3 Å². The van der Waals surface area contributed by atoms with Crippen LogP contribution in [0.25, 0.3) is 11.1 Å². The minimum atomic E-state index is -1.06. The Kier molecular flexibility index (Phi) is 6.93. The van der Waals surface area contributed by atoms with Gasteiger partial charge in [0.2, 0.25) is 0 Å². The van der Waals surface area contributed by atoms with Gasteiger partial charge in [-0.3, -0.25) is 4.79 Å². The number of rotatable bonds is 8. The highest BCUT2D eigenvalue weighted by molar-refractivity contribution is 7.09. The molecule has 3 aromatic rings. The zero-order valence-corrected chi connectivity index (χ0v) is 19.7. The van der Waals surface area contributed by atoms with E-state index in [0.29, 0.717) is 5.01 Å². The van der Waals surface area contributed by atoms with Gasteiger partial charge in [-0.25, -0.2) is 14.6 Å². The Labute approximate surface area is 201 Å². The summed E-state index contributed by atoms with van der Waals surface area (Å²) in [6, 6.07) is 15.3. The number of carboxylic acids is 1.